The van der Waals surface area contributed by atoms with Crippen molar-refractivity contribution in [2.75, 3.05) is 0 Å². The summed E-state index contributed by atoms with van der Waals surface area (Å²) in [6, 6.07) is 7.73. The Labute approximate surface area is 123 Å². The molecule has 0 radical (unpaired) electrons. The van der Waals surface area contributed by atoms with Gasteiger partial charge >= 0.3 is 0 Å². The molecule has 0 aromatic heterocycles. The topological polar surface area (TPSA) is 3.01 Å². The fraction of sp³-hybridized carbons (Fsp3) is 0.368. The second kappa shape index (κ2) is 5.32. The van der Waals surface area contributed by atoms with Crippen molar-refractivity contribution in [1.29, 1.82) is 0 Å². The summed E-state index contributed by atoms with van der Waals surface area (Å²) in [6.45, 7) is 15.2. The predicted molar refractivity (Wildman–Crippen MR) is 86.9 cm³/mol. The molecule has 0 bridgehead atoms. The second-order valence-corrected chi connectivity index (χ2v) is 6.95. The van der Waals surface area contributed by atoms with E-state index in [4.69, 9.17) is 0 Å². The molecule has 20 heavy (non-hydrogen) atoms. The Kier molecular flexibility index (Phi) is 3.89. The number of hydrogen-bond donors (Lipinski definition) is 0. The molecule has 1 aliphatic rings. The molecule has 2 rings (SSSR count). The first-order chi connectivity index (χ1) is 9.26. The van der Waals surface area contributed by atoms with Crippen molar-refractivity contribution in [3.63, 3.8) is 0 Å². The third kappa shape index (κ3) is 3.41. The van der Waals surface area contributed by atoms with Crippen LogP contribution in [0.25, 0.3) is 0 Å². The van der Waals surface area contributed by atoms with E-state index >= 15 is 0 Å². The maximum atomic E-state index is 4.17. The third-order valence-corrected chi connectivity index (χ3v) is 3.48. The fourth-order valence-corrected chi connectivity index (χ4v) is 2.66. The van der Waals surface area contributed by atoms with Gasteiger partial charge < -0.3 is 0 Å². The fourth-order valence-electron chi connectivity index (χ4n) is 2.66. The van der Waals surface area contributed by atoms with Crippen LogP contribution in [-0.2, 0) is 0 Å². The van der Waals surface area contributed by atoms with Crippen LogP contribution in [-0.4, -0.2) is 11.3 Å². The van der Waals surface area contributed by atoms with E-state index < -0.39 is 0 Å². The Balaban J connectivity index is 2.23. The predicted octanol–water partition coefficient (Wildman–Crippen LogP) is 4.79. The van der Waals surface area contributed by atoms with Crippen LogP contribution < -0.4 is 0 Å². The van der Waals surface area contributed by atoms with Crippen molar-refractivity contribution < 1.29 is 4.58 Å². The normalized spacial score (nSPS) is 15.6. The van der Waals surface area contributed by atoms with E-state index in [1.807, 2.05) is 4.58 Å². The zero-order valence-electron chi connectivity index (χ0n) is 13.3. The maximum Gasteiger partial charge on any atom is 0.147 e. The highest BCUT2D eigenvalue weighted by Crippen LogP contribution is 2.30. The first-order valence-corrected chi connectivity index (χ1v) is 7.19. The van der Waals surface area contributed by atoms with Crippen LogP contribution in [0.4, 0.5) is 0 Å². The van der Waals surface area contributed by atoms with Gasteiger partial charge in [-0.1, -0.05) is 57.0 Å². The van der Waals surface area contributed by atoms with Crippen molar-refractivity contribution in [3.8, 4) is 0 Å². The number of rotatable bonds is 2. The smallest absolute Gasteiger partial charge is 0.147 e. The van der Waals surface area contributed by atoms with Gasteiger partial charge in [0.05, 0.1) is 6.72 Å². The number of hydrogen-bond acceptors (Lipinski definition) is 0. The Hall–Kier alpha value is -1.76. The molecule has 0 saturated heterocycles. The van der Waals surface area contributed by atoms with Crippen molar-refractivity contribution in [1.82, 2.24) is 0 Å². The van der Waals surface area contributed by atoms with Crippen LogP contribution in [0.15, 0.2) is 42.1 Å². The molecule has 0 saturated carbocycles. The summed E-state index contributed by atoms with van der Waals surface area (Å²) in [5, 5.41) is 0. The van der Waals surface area contributed by atoms with Crippen LogP contribution in [0.1, 0.15) is 43.9 Å². The van der Waals surface area contributed by atoms with Gasteiger partial charge in [0.15, 0.2) is 0 Å². The van der Waals surface area contributed by atoms with E-state index in [0.29, 0.717) is 5.41 Å². The van der Waals surface area contributed by atoms with E-state index in [2.05, 4.69) is 77.9 Å². The summed E-state index contributed by atoms with van der Waals surface area (Å²) < 4.78 is 2.00. The van der Waals surface area contributed by atoms with Gasteiger partial charge in [0, 0.05) is 0 Å². The Morgan fingerprint density at radius 1 is 1.20 bits per heavy atom. The second-order valence-electron chi connectivity index (χ2n) is 6.95. The summed E-state index contributed by atoms with van der Waals surface area (Å²) in [7, 11) is 0. The lowest BCUT2D eigenvalue weighted by Gasteiger charge is -2.24. The lowest BCUT2D eigenvalue weighted by molar-refractivity contribution is -0.419. The number of nitrogens with zero attached hydrogens (tertiary/aromatic N) is 1. The van der Waals surface area contributed by atoms with E-state index in [0.717, 1.165) is 6.42 Å². The van der Waals surface area contributed by atoms with Crippen LogP contribution in [0.3, 0.4) is 0 Å². The summed E-state index contributed by atoms with van der Waals surface area (Å²) in [4.78, 5) is 0. The lowest BCUT2D eigenvalue weighted by atomic mass is 9.86. The highest BCUT2D eigenvalue weighted by Gasteiger charge is 2.20. The zero-order valence-corrected chi connectivity index (χ0v) is 13.3. The molecule has 1 aromatic rings. The van der Waals surface area contributed by atoms with Crippen molar-refractivity contribution >= 4 is 6.72 Å². The molecule has 0 unspecified atom stereocenters. The molecule has 0 fully saturated rings. The van der Waals surface area contributed by atoms with Gasteiger partial charge in [-0.25, -0.2) is 0 Å². The maximum absolute atomic E-state index is 4.17. The van der Waals surface area contributed by atoms with Gasteiger partial charge in [-0.3, -0.25) is 4.58 Å². The summed E-state index contributed by atoms with van der Waals surface area (Å²) in [5.74, 6) is 0. The quantitative estimate of drug-likeness (QED) is 0.535. The van der Waals surface area contributed by atoms with Gasteiger partial charge in [-0.15, -0.1) is 6.07 Å². The first-order valence-electron chi connectivity index (χ1n) is 7.19. The minimum Gasteiger partial charge on any atom is -0.255 e. The molecule has 0 atom stereocenters. The molecular weight excluding hydrogens is 242 g/mol. The van der Waals surface area contributed by atoms with E-state index in [-0.39, 0.29) is 0 Å². The standard InChI is InChI=1S/C19H25N/c1-14-7-9-17(15(2)11-14)18-10-8-16(13-20(18)6)12-19(3,4)5/h7-11,13H,6,12H2,1-5H3. The highest BCUT2D eigenvalue weighted by atomic mass is 15.0. The average molecular weight is 267 g/mol. The number of aryl methyl sites for hydroxylation is 2. The minimum absolute atomic E-state index is 0.300. The molecule has 1 heterocycles. The molecule has 1 aliphatic heterocycles. The Morgan fingerprint density at radius 3 is 2.45 bits per heavy atom. The molecule has 0 aliphatic carbocycles. The van der Waals surface area contributed by atoms with Crippen molar-refractivity contribution in [2.24, 2.45) is 5.41 Å². The van der Waals surface area contributed by atoms with Gasteiger partial charge in [0.2, 0.25) is 0 Å². The molecule has 106 valence electrons. The Bertz CT molecular complexity index is 582. The molecule has 1 nitrogen and oxygen atoms in total. The SMILES string of the molecule is C=[N+]1C=C(CC(C)(C)C)C=C[C-]1c1ccc(C)cc1C. The molecule has 0 amide bonds. The molecule has 1 aromatic carbocycles. The monoisotopic (exact) mass is 267 g/mol. The molecule has 1 heteroatoms. The van der Waals surface area contributed by atoms with E-state index in [1.54, 1.807) is 0 Å². The van der Waals surface area contributed by atoms with Gasteiger partial charge in [0.25, 0.3) is 0 Å². The van der Waals surface area contributed by atoms with Crippen LogP contribution in [0.5, 0.6) is 0 Å². The summed E-state index contributed by atoms with van der Waals surface area (Å²) in [5.41, 5.74) is 5.49. The Morgan fingerprint density at radius 2 is 1.90 bits per heavy atom. The molecule has 0 N–H and O–H groups in total. The zero-order chi connectivity index (χ0) is 14.9. The van der Waals surface area contributed by atoms with Crippen LogP contribution in [0.2, 0.25) is 0 Å². The van der Waals surface area contributed by atoms with E-state index in [9.17, 15) is 0 Å². The van der Waals surface area contributed by atoms with E-state index in [1.165, 1.54) is 28.3 Å². The summed E-state index contributed by atoms with van der Waals surface area (Å²) >= 11 is 0. The van der Waals surface area contributed by atoms with Crippen molar-refractivity contribution in [2.45, 2.75) is 41.0 Å². The average Bonchev–Trinajstić information content (AvgIpc) is 2.28. The summed E-state index contributed by atoms with van der Waals surface area (Å²) in [6.07, 6.45) is 7.63. The van der Waals surface area contributed by atoms with Gasteiger partial charge in [-0.05, 0) is 36.0 Å². The first kappa shape index (κ1) is 14.6. The highest BCUT2D eigenvalue weighted by molar-refractivity contribution is 5.45. The largest absolute Gasteiger partial charge is 0.255 e. The van der Waals surface area contributed by atoms with Gasteiger partial charge in [-0.2, -0.15) is 0 Å². The molecular formula is C19H25N. The van der Waals surface area contributed by atoms with Gasteiger partial charge in [0.1, 0.15) is 12.2 Å². The minimum atomic E-state index is 0.300. The number of benzene rings is 1. The molecule has 0 spiro atoms. The third-order valence-electron chi connectivity index (χ3n) is 3.48. The lowest BCUT2D eigenvalue weighted by Crippen LogP contribution is -2.17. The van der Waals surface area contributed by atoms with Crippen LogP contribution >= 0.6 is 0 Å². The van der Waals surface area contributed by atoms with Crippen LogP contribution in [0, 0.1) is 25.3 Å². The number of allylic oxidation sites excluding steroid dienone is 2. The van der Waals surface area contributed by atoms with Crippen molar-refractivity contribution in [3.05, 3.63) is 64.9 Å².